The molecule has 1 aromatic heterocycles. The number of esters is 1. The van der Waals surface area contributed by atoms with Crippen molar-refractivity contribution < 1.29 is 14.3 Å². The molecule has 0 aliphatic carbocycles. The highest BCUT2D eigenvalue weighted by atomic mass is 35.5. The Hall–Kier alpha value is -2.70. The highest BCUT2D eigenvalue weighted by Crippen LogP contribution is 2.23. The fourth-order valence-corrected chi connectivity index (χ4v) is 4.27. The molecule has 5 nitrogen and oxygen atoms in total. The molecule has 0 aliphatic heterocycles. The summed E-state index contributed by atoms with van der Waals surface area (Å²) >= 11 is 7.50. The third kappa shape index (κ3) is 5.02. The van der Waals surface area contributed by atoms with Gasteiger partial charge >= 0.3 is 5.97 Å². The van der Waals surface area contributed by atoms with E-state index in [2.05, 4.69) is 11.1 Å². The lowest BCUT2D eigenvalue weighted by atomic mass is 10.1. The topological polar surface area (TPSA) is 60.7 Å². The molecular formula is C22H21ClN2O3S. The van der Waals surface area contributed by atoms with Crippen molar-refractivity contribution in [2.75, 3.05) is 6.61 Å². The Morgan fingerprint density at radius 1 is 1.24 bits per heavy atom. The molecule has 29 heavy (non-hydrogen) atoms. The first-order valence-corrected chi connectivity index (χ1v) is 10.4. The van der Waals surface area contributed by atoms with Crippen LogP contribution in [0.1, 0.15) is 23.6 Å². The van der Waals surface area contributed by atoms with E-state index >= 15 is 0 Å². The fourth-order valence-electron chi connectivity index (χ4n) is 2.99. The molecular weight excluding hydrogens is 408 g/mol. The van der Waals surface area contributed by atoms with Crippen molar-refractivity contribution in [2.24, 2.45) is 4.99 Å². The molecule has 0 unspecified atom stereocenters. The second kappa shape index (κ2) is 9.20. The average Bonchev–Trinajstić information content (AvgIpc) is 2.99. The highest BCUT2D eigenvalue weighted by Gasteiger charge is 2.13. The van der Waals surface area contributed by atoms with Crippen LogP contribution < -0.4 is 4.80 Å². The Labute approximate surface area is 177 Å². The average molecular weight is 429 g/mol. The first-order chi connectivity index (χ1) is 13.9. The van der Waals surface area contributed by atoms with Gasteiger partial charge in [0.05, 0.1) is 16.8 Å². The summed E-state index contributed by atoms with van der Waals surface area (Å²) in [7, 11) is 0. The van der Waals surface area contributed by atoms with Crippen LogP contribution in [0, 0.1) is 13.8 Å². The van der Waals surface area contributed by atoms with Crippen molar-refractivity contribution in [3.8, 4) is 0 Å². The number of hydrogen-bond donors (Lipinski definition) is 0. The maximum Gasteiger partial charge on any atom is 0.326 e. The molecule has 0 N–H and O–H groups in total. The lowest BCUT2D eigenvalue weighted by molar-refractivity contribution is -0.143. The number of nitrogens with zero attached hydrogens (tertiary/aromatic N) is 2. The summed E-state index contributed by atoms with van der Waals surface area (Å²) < 4.78 is 7.82. The van der Waals surface area contributed by atoms with Gasteiger partial charge in [-0.25, -0.2) is 0 Å². The number of carbonyl (C=O) groups is 2. The minimum Gasteiger partial charge on any atom is -0.465 e. The highest BCUT2D eigenvalue weighted by molar-refractivity contribution is 7.16. The van der Waals surface area contributed by atoms with Crippen LogP contribution in [-0.4, -0.2) is 23.1 Å². The molecule has 2 aromatic carbocycles. The Morgan fingerprint density at radius 2 is 2.00 bits per heavy atom. The van der Waals surface area contributed by atoms with Gasteiger partial charge in [0.2, 0.25) is 0 Å². The largest absolute Gasteiger partial charge is 0.465 e. The Morgan fingerprint density at radius 3 is 2.72 bits per heavy atom. The van der Waals surface area contributed by atoms with Crippen molar-refractivity contribution in [2.45, 2.75) is 27.3 Å². The number of fused-ring (bicyclic) bond motifs is 1. The standard InChI is InChI=1S/C22H21ClN2O3S/c1-4-28-20(27)13-25-18-12-14(2)11-15(3)21(18)29-22(25)24-19(26)10-9-16-7-5-6-8-17(16)23/h5-12H,4,13H2,1-3H3/b10-9+,24-22?. The fraction of sp³-hybridized carbons (Fsp3) is 0.227. The van der Waals surface area contributed by atoms with E-state index in [1.165, 1.54) is 17.4 Å². The van der Waals surface area contributed by atoms with Crippen molar-refractivity contribution in [3.63, 3.8) is 0 Å². The summed E-state index contributed by atoms with van der Waals surface area (Å²) in [6, 6.07) is 11.3. The van der Waals surface area contributed by atoms with Gasteiger partial charge in [0.25, 0.3) is 5.91 Å². The van der Waals surface area contributed by atoms with Gasteiger partial charge in [-0.3, -0.25) is 9.59 Å². The number of thiazole rings is 1. The quantitative estimate of drug-likeness (QED) is 0.438. The zero-order chi connectivity index (χ0) is 21.0. The lowest BCUT2D eigenvalue weighted by Crippen LogP contribution is -2.22. The summed E-state index contributed by atoms with van der Waals surface area (Å²) in [6.07, 6.45) is 3.00. The lowest BCUT2D eigenvalue weighted by Gasteiger charge is -2.06. The molecule has 0 radical (unpaired) electrons. The Balaban J connectivity index is 2.04. The van der Waals surface area contributed by atoms with Crippen molar-refractivity contribution in [3.05, 3.63) is 69.0 Å². The van der Waals surface area contributed by atoms with Crippen molar-refractivity contribution >= 4 is 51.1 Å². The monoisotopic (exact) mass is 428 g/mol. The van der Waals surface area contributed by atoms with Crippen LogP contribution in [0.25, 0.3) is 16.3 Å². The van der Waals surface area contributed by atoms with E-state index < -0.39 is 5.91 Å². The van der Waals surface area contributed by atoms with Gasteiger partial charge in [-0.1, -0.05) is 47.2 Å². The molecule has 0 saturated heterocycles. The van der Waals surface area contributed by atoms with Gasteiger partial charge in [0.15, 0.2) is 4.80 Å². The number of amides is 1. The molecule has 3 aromatic rings. The van der Waals surface area contributed by atoms with Gasteiger partial charge in [0.1, 0.15) is 6.54 Å². The van der Waals surface area contributed by atoms with Crippen LogP contribution in [0.2, 0.25) is 5.02 Å². The Bertz CT molecular complexity index is 1170. The van der Waals surface area contributed by atoms with Crippen molar-refractivity contribution in [1.29, 1.82) is 0 Å². The van der Waals surface area contributed by atoms with Crippen molar-refractivity contribution in [1.82, 2.24) is 4.57 Å². The molecule has 0 spiro atoms. The molecule has 0 fully saturated rings. The van der Waals surface area contributed by atoms with E-state index in [9.17, 15) is 9.59 Å². The second-order valence-electron chi connectivity index (χ2n) is 6.51. The van der Waals surface area contributed by atoms with Crippen LogP contribution in [-0.2, 0) is 20.9 Å². The molecule has 0 aliphatic rings. The molecule has 3 rings (SSSR count). The SMILES string of the molecule is CCOC(=O)Cn1c(=NC(=O)/C=C/c2ccccc2Cl)sc2c(C)cc(C)cc21. The molecule has 0 atom stereocenters. The normalized spacial score (nSPS) is 12.1. The van der Waals surface area contributed by atoms with E-state index in [4.69, 9.17) is 16.3 Å². The molecule has 1 amide bonds. The number of hydrogen-bond acceptors (Lipinski definition) is 4. The van der Waals surface area contributed by atoms with Gasteiger partial charge in [0, 0.05) is 11.1 Å². The molecule has 150 valence electrons. The van der Waals surface area contributed by atoms with Gasteiger partial charge in [-0.15, -0.1) is 0 Å². The van der Waals surface area contributed by atoms with E-state index in [-0.39, 0.29) is 12.5 Å². The number of aryl methyl sites for hydroxylation is 2. The first-order valence-electron chi connectivity index (χ1n) is 9.16. The summed E-state index contributed by atoms with van der Waals surface area (Å²) in [5, 5.41) is 0.557. The number of ether oxygens (including phenoxy) is 1. The van der Waals surface area contributed by atoms with Crippen LogP contribution in [0.3, 0.4) is 0 Å². The molecule has 0 bridgehead atoms. The minimum absolute atomic E-state index is 0.00290. The molecule has 0 saturated carbocycles. The maximum absolute atomic E-state index is 12.5. The maximum atomic E-state index is 12.5. The second-order valence-corrected chi connectivity index (χ2v) is 7.90. The summed E-state index contributed by atoms with van der Waals surface area (Å²) in [5.74, 6) is -0.796. The van der Waals surface area contributed by atoms with Crippen LogP contribution in [0.5, 0.6) is 0 Å². The molecule has 1 heterocycles. The Kier molecular flexibility index (Phi) is 6.67. The zero-order valence-corrected chi connectivity index (χ0v) is 18.0. The summed E-state index contributed by atoms with van der Waals surface area (Å²) in [4.78, 5) is 29.3. The van der Waals surface area contributed by atoms with Crippen LogP contribution in [0.15, 0.2) is 47.5 Å². The van der Waals surface area contributed by atoms with E-state index in [0.29, 0.717) is 16.4 Å². The predicted molar refractivity (Wildman–Crippen MR) is 117 cm³/mol. The zero-order valence-electron chi connectivity index (χ0n) is 16.4. The predicted octanol–water partition coefficient (Wildman–Crippen LogP) is 4.68. The third-order valence-electron chi connectivity index (χ3n) is 4.22. The van der Waals surface area contributed by atoms with Gasteiger partial charge < -0.3 is 9.30 Å². The molecule has 7 heteroatoms. The first kappa shape index (κ1) is 21.0. The van der Waals surface area contributed by atoms with Gasteiger partial charge in [-0.05, 0) is 55.7 Å². The number of rotatable bonds is 5. The smallest absolute Gasteiger partial charge is 0.326 e. The summed E-state index contributed by atoms with van der Waals surface area (Å²) in [5.41, 5.74) is 3.74. The number of aromatic nitrogens is 1. The van der Waals surface area contributed by atoms with Crippen LogP contribution >= 0.6 is 22.9 Å². The van der Waals surface area contributed by atoms with E-state index in [1.807, 2.05) is 38.1 Å². The minimum atomic E-state index is -0.427. The number of halogens is 1. The number of benzene rings is 2. The van der Waals surface area contributed by atoms with E-state index in [1.54, 1.807) is 23.6 Å². The number of carbonyl (C=O) groups excluding carboxylic acids is 2. The third-order valence-corrected chi connectivity index (χ3v) is 5.80. The summed E-state index contributed by atoms with van der Waals surface area (Å²) in [6.45, 7) is 6.05. The van der Waals surface area contributed by atoms with Gasteiger partial charge in [-0.2, -0.15) is 4.99 Å². The van der Waals surface area contributed by atoms with E-state index in [0.717, 1.165) is 26.9 Å². The van der Waals surface area contributed by atoms with Crippen LogP contribution in [0.4, 0.5) is 0 Å².